The molecule has 1 atom stereocenters. The van der Waals surface area contributed by atoms with Crippen LogP contribution >= 0.6 is 0 Å². The summed E-state index contributed by atoms with van der Waals surface area (Å²) in [6.45, 7) is 0.326. The molecular formula is C17H16N2O2. The van der Waals surface area contributed by atoms with Crippen LogP contribution in [0.2, 0.25) is 0 Å². The van der Waals surface area contributed by atoms with Crippen LogP contribution in [0.5, 0.6) is 0 Å². The largest absolute Gasteiger partial charge is 0.312 e. The van der Waals surface area contributed by atoms with Gasteiger partial charge in [0.1, 0.15) is 0 Å². The zero-order chi connectivity index (χ0) is 14.8. The molecule has 0 radical (unpaired) electrons. The minimum atomic E-state index is -0.216. The molecule has 1 heterocycles. The fraction of sp³-hybridized carbons (Fsp3) is 0.176. The number of nitrogens with one attached hydrogen (secondary N) is 1. The molecule has 0 saturated carbocycles. The molecule has 2 amide bonds. The van der Waals surface area contributed by atoms with Crippen molar-refractivity contribution in [3.05, 3.63) is 71.3 Å². The Labute approximate surface area is 123 Å². The average Bonchev–Trinajstić information content (AvgIpc) is 2.78. The van der Waals surface area contributed by atoms with Crippen molar-refractivity contribution in [2.24, 2.45) is 0 Å². The summed E-state index contributed by atoms with van der Waals surface area (Å²) in [7, 11) is 1.83. The molecule has 106 valence electrons. The van der Waals surface area contributed by atoms with E-state index in [4.69, 9.17) is 0 Å². The Morgan fingerprint density at radius 2 is 1.43 bits per heavy atom. The maximum atomic E-state index is 12.4. The first-order valence-electron chi connectivity index (χ1n) is 6.90. The van der Waals surface area contributed by atoms with Crippen LogP contribution in [0.3, 0.4) is 0 Å². The topological polar surface area (TPSA) is 49.4 Å². The molecule has 2 aromatic rings. The second kappa shape index (κ2) is 5.50. The third-order valence-electron chi connectivity index (χ3n) is 3.79. The molecule has 1 aliphatic rings. The first-order valence-corrected chi connectivity index (χ1v) is 6.90. The SMILES string of the molecule is CNC(CN1C(=O)c2ccccc2C1=O)c1ccccc1. The zero-order valence-corrected chi connectivity index (χ0v) is 11.7. The van der Waals surface area contributed by atoms with Crippen LogP contribution in [-0.2, 0) is 0 Å². The number of carbonyl (C=O) groups excluding carboxylic acids is 2. The number of benzene rings is 2. The normalized spacial score (nSPS) is 15.2. The van der Waals surface area contributed by atoms with Crippen molar-refractivity contribution in [3.8, 4) is 0 Å². The molecule has 0 aliphatic carbocycles. The molecule has 2 aromatic carbocycles. The Bertz CT molecular complexity index is 647. The summed E-state index contributed by atoms with van der Waals surface area (Å²) < 4.78 is 0. The van der Waals surface area contributed by atoms with E-state index in [2.05, 4.69) is 5.32 Å². The lowest BCUT2D eigenvalue weighted by Crippen LogP contribution is -2.37. The van der Waals surface area contributed by atoms with E-state index in [1.165, 1.54) is 4.90 Å². The highest BCUT2D eigenvalue weighted by molar-refractivity contribution is 6.21. The van der Waals surface area contributed by atoms with Crippen molar-refractivity contribution in [1.82, 2.24) is 10.2 Å². The van der Waals surface area contributed by atoms with Crippen molar-refractivity contribution in [3.63, 3.8) is 0 Å². The van der Waals surface area contributed by atoms with E-state index in [0.717, 1.165) is 5.56 Å². The van der Waals surface area contributed by atoms with Gasteiger partial charge in [0.05, 0.1) is 17.2 Å². The monoisotopic (exact) mass is 280 g/mol. The van der Waals surface area contributed by atoms with E-state index in [-0.39, 0.29) is 17.9 Å². The van der Waals surface area contributed by atoms with E-state index in [9.17, 15) is 9.59 Å². The Hall–Kier alpha value is -2.46. The lowest BCUT2D eigenvalue weighted by atomic mass is 10.1. The number of hydrogen-bond acceptors (Lipinski definition) is 3. The fourth-order valence-corrected chi connectivity index (χ4v) is 2.64. The summed E-state index contributed by atoms with van der Waals surface area (Å²) in [4.78, 5) is 26.1. The number of rotatable bonds is 4. The lowest BCUT2D eigenvalue weighted by Gasteiger charge is -2.22. The Morgan fingerprint density at radius 1 is 0.905 bits per heavy atom. The Morgan fingerprint density at radius 3 is 1.95 bits per heavy atom. The predicted octanol–water partition coefficient (Wildman–Crippen LogP) is 2.24. The number of likely N-dealkylation sites (N-methyl/N-ethyl adjacent to an activating group) is 1. The summed E-state index contributed by atoms with van der Waals surface area (Å²) in [6.07, 6.45) is 0. The number of fused-ring (bicyclic) bond motifs is 1. The maximum Gasteiger partial charge on any atom is 0.261 e. The number of amides is 2. The molecule has 0 spiro atoms. The van der Waals surface area contributed by atoms with Crippen LogP contribution in [0.15, 0.2) is 54.6 Å². The van der Waals surface area contributed by atoms with E-state index in [0.29, 0.717) is 17.7 Å². The smallest absolute Gasteiger partial charge is 0.261 e. The van der Waals surface area contributed by atoms with Gasteiger partial charge in [0.15, 0.2) is 0 Å². The van der Waals surface area contributed by atoms with Crippen molar-refractivity contribution in [2.75, 3.05) is 13.6 Å². The van der Waals surface area contributed by atoms with Gasteiger partial charge >= 0.3 is 0 Å². The van der Waals surface area contributed by atoms with Crippen molar-refractivity contribution < 1.29 is 9.59 Å². The molecule has 3 rings (SSSR count). The molecule has 21 heavy (non-hydrogen) atoms. The Balaban J connectivity index is 1.86. The second-order valence-electron chi connectivity index (χ2n) is 5.02. The highest BCUT2D eigenvalue weighted by atomic mass is 16.2. The lowest BCUT2D eigenvalue weighted by molar-refractivity contribution is 0.0640. The summed E-state index contributed by atoms with van der Waals surface area (Å²) in [5, 5.41) is 3.17. The molecule has 1 N–H and O–H groups in total. The maximum absolute atomic E-state index is 12.4. The van der Waals surface area contributed by atoms with Gasteiger partial charge < -0.3 is 5.32 Å². The predicted molar refractivity (Wildman–Crippen MR) is 80.1 cm³/mol. The number of nitrogens with zero attached hydrogens (tertiary/aromatic N) is 1. The standard InChI is InChI=1S/C17H16N2O2/c1-18-15(12-7-3-2-4-8-12)11-19-16(20)13-9-5-6-10-14(13)17(19)21/h2-10,15,18H,11H2,1H3. The molecule has 0 saturated heterocycles. The van der Waals surface area contributed by atoms with Crippen molar-refractivity contribution in [1.29, 1.82) is 0 Å². The van der Waals surface area contributed by atoms with Crippen LogP contribution in [-0.4, -0.2) is 30.3 Å². The average molecular weight is 280 g/mol. The number of carbonyl (C=O) groups is 2. The molecule has 0 fully saturated rings. The summed E-state index contributed by atoms with van der Waals surface area (Å²) >= 11 is 0. The fourth-order valence-electron chi connectivity index (χ4n) is 2.64. The van der Waals surface area contributed by atoms with E-state index in [1.54, 1.807) is 24.3 Å². The highest BCUT2D eigenvalue weighted by Crippen LogP contribution is 2.25. The minimum absolute atomic E-state index is 0.0755. The van der Waals surface area contributed by atoms with Gasteiger partial charge in [-0.3, -0.25) is 14.5 Å². The van der Waals surface area contributed by atoms with Gasteiger partial charge in [0.2, 0.25) is 0 Å². The van der Waals surface area contributed by atoms with Crippen molar-refractivity contribution >= 4 is 11.8 Å². The molecule has 1 aliphatic heterocycles. The first kappa shape index (κ1) is 13.5. The third kappa shape index (κ3) is 2.34. The van der Waals surface area contributed by atoms with Gasteiger partial charge in [0.25, 0.3) is 11.8 Å². The van der Waals surface area contributed by atoms with Crippen LogP contribution < -0.4 is 5.32 Å². The second-order valence-corrected chi connectivity index (χ2v) is 5.02. The first-order chi connectivity index (χ1) is 10.2. The van der Waals surface area contributed by atoms with E-state index >= 15 is 0 Å². The molecular weight excluding hydrogens is 264 g/mol. The summed E-state index contributed by atoms with van der Waals surface area (Å²) in [5.74, 6) is -0.432. The van der Waals surface area contributed by atoms with Crippen LogP contribution in [0.4, 0.5) is 0 Å². The summed E-state index contributed by atoms with van der Waals surface area (Å²) in [5.41, 5.74) is 2.03. The highest BCUT2D eigenvalue weighted by Gasteiger charge is 2.36. The number of imide groups is 1. The Kier molecular flexibility index (Phi) is 3.54. The number of hydrogen-bond donors (Lipinski definition) is 1. The molecule has 4 nitrogen and oxygen atoms in total. The van der Waals surface area contributed by atoms with Gasteiger partial charge in [-0.1, -0.05) is 42.5 Å². The van der Waals surface area contributed by atoms with Crippen LogP contribution in [0.25, 0.3) is 0 Å². The van der Waals surface area contributed by atoms with Gasteiger partial charge in [-0.15, -0.1) is 0 Å². The van der Waals surface area contributed by atoms with E-state index in [1.807, 2.05) is 37.4 Å². The van der Waals surface area contributed by atoms with Crippen LogP contribution in [0.1, 0.15) is 32.3 Å². The van der Waals surface area contributed by atoms with Crippen molar-refractivity contribution in [2.45, 2.75) is 6.04 Å². The zero-order valence-electron chi connectivity index (χ0n) is 11.7. The third-order valence-corrected chi connectivity index (χ3v) is 3.79. The van der Waals surface area contributed by atoms with Gasteiger partial charge in [-0.25, -0.2) is 0 Å². The van der Waals surface area contributed by atoms with Gasteiger partial charge in [-0.05, 0) is 24.7 Å². The van der Waals surface area contributed by atoms with Gasteiger partial charge in [-0.2, -0.15) is 0 Å². The molecule has 0 aromatic heterocycles. The van der Waals surface area contributed by atoms with E-state index < -0.39 is 0 Å². The molecule has 1 unspecified atom stereocenters. The van der Waals surface area contributed by atoms with Gasteiger partial charge in [0, 0.05) is 6.54 Å². The summed E-state index contributed by atoms with van der Waals surface area (Å²) in [6, 6.07) is 16.7. The molecule has 0 bridgehead atoms. The minimum Gasteiger partial charge on any atom is -0.312 e. The molecule has 4 heteroatoms. The quantitative estimate of drug-likeness (QED) is 0.874. The van der Waals surface area contributed by atoms with Crippen LogP contribution in [0, 0.1) is 0 Å².